The Kier molecular flexibility index (Phi) is 4.06. The highest BCUT2D eigenvalue weighted by Crippen LogP contribution is 2.37. The van der Waals surface area contributed by atoms with Crippen LogP contribution < -0.4 is 16.6 Å². The van der Waals surface area contributed by atoms with Gasteiger partial charge in [0.2, 0.25) is 0 Å². The fourth-order valence-corrected chi connectivity index (χ4v) is 2.35. The van der Waals surface area contributed by atoms with E-state index in [-0.39, 0.29) is 0 Å². The summed E-state index contributed by atoms with van der Waals surface area (Å²) in [5.41, 5.74) is 2.57. The molecule has 2 rings (SSSR count). The Morgan fingerprint density at radius 2 is 2.24 bits per heavy atom. The summed E-state index contributed by atoms with van der Waals surface area (Å²) >= 11 is 1.51. The lowest BCUT2D eigenvalue weighted by atomic mass is 10.2. The Morgan fingerprint density at radius 3 is 2.88 bits per heavy atom. The molecular formula is C11H19N5S. The van der Waals surface area contributed by atoms with Gasteiger partial charge in [-0.05, 0) is 25.0 Å². The lowest BCUT2D eigenvalue weighted by molar-refractivity contribution is 0.691. The summed E-state index contributed by atoms with van der Waals surface area (Å²) in [6.45, 7) is 2.22. The van der Waals surface area contributed by atoms with E-state index in [1.807, 2.05) is 12.3 Å². The predicted molar refractivity (Wildman–Crippen MR) is 72.0 cm³/mol. The van der Waals surface area contributed by atoms with Gasteiger partial charge in [0.15, 0.2) is 5.16 Å². The monoisotopic (exact) mass is 253 g/mol. The van der Waals surface area contributed by atoms with E-state index >= 15 is 0 Å². The zero-order valence-corrected chi connectivity index (χ0v) is 11.0. The lowest BCUT2D eigenvalue weighted by Crippen LogP contribution is -2.12. The molecule has 0 aromatic carbocycles. The first-order chi connectivity index (χ1) is 8.26. The fraction of sp³-hybridized carbons (Fsp3) is 0.636. The minimum atomic E-state index is 0.574. The maximum Gasteiger partial charge on any atom is 0.191 e. The summed E-state index contributed by atoms with van der Waals surface area (Å²) in [5, 5.41) is 4.17. The van der Waals surface area contributed by atoms with Crippen LogP contribution in [0.4, 0.5) is 11.6 Å². The van der Waals surface area contributed by atoms with Crippen molar-refractivity contribution in [3.8, 4) is 0 Å². The van der Waals surface area contributed by atoms with Gasteiger partial charge in [-0.3, -0.25) is 0 Å². The van der Waals surface area contributed by atoms with Crippen LogP contribution in [0, 0.1) is 5.92 Å². The number of rotatable bonds is 6. The zero-order chi connectivity index (χ0) is 12.3. The van der Waals surface area contributed by atoms with E-state index in [4.69, 9.17) is 5.84 Å². The second kappa shape index (κ2) is 5.55. The Bertz CT molecular complexity index is 362. The second-order valence-corrected chi connectivity index (χ2v) is 5.08. The topological polar surface area (TPSA) is 75.9 Å². The highest BCUT2D eigenvalue weighted by Gasteiger charge is 2.36. The smallest absolute Gasteiger partial charge is 0.191 e. The van der Waals surface area contributed by atoms with Crippen molar-refractivity contribution in [1.82, 2.24) is 9.97 Å². The van der Waals surface area contributed by atoms with Crippen molar-refractivity contribution in [2.75, 3.05) is 17.0 Å². The quantitative estimate of drug-likeness (QED) is 0.312. The van der Waals surface area contributed by atoms with Gasteiger partial charge in [-0.2, -0.15) is 0 Å². The van der Waals surface area contributed by atoms with Crippen molar-refractivity contribution in [3.05, 3.63) is 6.07 Å². The number of nitrogen functional groups attached to an aromatic ring is 1. The summed E-state index contributed by atoms with van der Waals surface area (Å²) in [5.74, 6) is 7.71. The summed E-state index contributed by atoms with van der Waals surface area (Å²) in [6, 6.07) is 2.42. The van der Waals surface area contributed by atoms with Crippen molar-refractivity contribution in [2.45, 2.75) is 37.4 Å². The summed E-state index contributed by atoms with van der Waals surface area (Å²) in [7, 11) is 0. The van der Waals surface area contributed by atoms with E-state index in [9.17, 15) is 0 Å². The molecule has 0 radical (unpaired) electrons. The van der Waals surface area contributed by atoms with Crippen LogP contribution in [0.25, 0.3) is 0 Å². The van der Waals surface area contributed by atoms with E-state index in [1.54, 1.807) is 0 Å². The van der Waals surface area contributed by atoms with Crippen LogP contribution in [0.5, 0.6) is 0 Å². The maximum absolute atomic E-state index is 5.39. The van der Waals surface area contributed by atoms with Crippen LogP contribution in [0.2, 0.25) is 0 Å². The van der Waals surface area contributed by atoms with Crippen molar-refractivity contribution in [1.29, 1.82) is 0 Å². The number of hydrogen-bond donors (Lipinski definition) is 3. The number of thioether (sulfide) groups is 1. The van der Waals surface area contributed by atoms with Gasteiger partial charge in [0.25, 0.3) is 0 Å². The number of nitrogens with zero attached hydrogens (tertiary/aromatic N) is 2. The number of nitrogens with two attached hydrogens (primary N) is 1. The number of hydrogen-bond acceptors (Lipinski definition) is 6. The molecule has 1 heterocycles. The molecule has 17 heavy (non-hydrogen) atoms. The van der Waals surface area contributed by atoms with Gasteiger partial charge < -0.3 is 10.7 Å². The van der Waals surface area contributed by atoms with Crippen molar-refractivity contribution in [3.63, 3.8) is 0 Å². The molecule has 4 N–H and O–H groups in total. The molecule has 1 aromatic heterocycles. The normalized spacial score (nSPS) is 22.3. The average Bonchev–Trinajstić information content (AvgIpc) is 3.07. The SMILES string of the molecule is CCCC1CC1Nc1cc(NN)nc(SC)n1. The molecule has 1 aliphatic carbocycles. The van der Waals surface area contributed by atoms with Gasteiger partial charge in [-0.1, -0.05) is 25.1 Å². The van der Waals surface area contributed by atoms with E-state index < -0.39 is 0 Å². The second-order valence-electron chi connectivity index (χ2n) is 4.30. The molecule has 0 saturated heterocycles. The van der Waals surface area contributed by atoms with Gasteiger partial charge >= 0.3 is 0 Å². The molecule has 0 bridgehead atoms. The molecule has 6 heteroatoms. The molecule has 0 spiro atoms. The average molecular weight is 253 g/mol. The maximum atomic E-state index is 5.39. The van der Waals surface area contributed by atoms with Gasteiger partial charge in [-0.25, -0.2) is 15.8 Å². The van der Waals surface area contributed by atoms with E-state index in [1.165, 1.54) is 31.0 Å². The van der Waals surface area contributed by atoms with E-state index in [2.05, 4.69) is 27.6 Å². The largest absolute Gasteiger partial charge is 0.367 e. The van der Waals surface area contributed by atoms with Crippen LogP contribution in [0.15, 0.2) is 11.2 Å². The molecule has 0 amide bonds. The molecule has 2 atom stereocenters. The van der Waals surface area contributed by atoms with Gasteiger partial charge in [0.1, 0.15) is 11.6 Å². The van der Waals surface area contributed by atoms with Crippen LogP contribution in [-0.4, -0.2) is 22.3 Å². The molecule has 5 nitrogen and oxygen atoms in total. The van der Waals surface area contributed by atoms with Crippen molar-refractivity contribution < 1.29 is 0 Å². The first-order valence-corrected chi connectivity index (χ1v) is 7.15. The molecule has 1 saturated carbocycles. The van der Waals surface area contributed by atoms with Crippen LogP contribution in [0.1, 0.15) is 26.2 Å². The predicted octanol–water partition coefficient (Wildman–Crippen LogP) is 2.08. The molecule has 2 unspecified atom stereocenters. The number of nitrogens with one attached hydrogen (secondary N) is 2. The number of aromatic nitrogens is 2. The molecule has 94 valence electrons. The molecule has 1 fully saturated rings. The van der Waals surface area contributed by atoms with Crippen molar-refractivity contribution in [2.24, 2.45) is 11.8 Å². The minimum Gasteiger partial charge on any atom is -0.367 e. The summed E-state index contributed by atoms with van der Waals surface area (Å²) < 4.78 is 0. The first kappa shape index (κ1) is 12.4. The Balaban J connectivity index is 2.00. The highest BCUT2D eigenvalue weighted by molar-refractivity contribution is 7.98. The molecular weight excluding hydrogens is 234 g/mol. The lowest BCUT2D eigenvalue weighted by Gasteiger charge is -2.08. The van der Waals surface area contributed by atoms with Crippen molar-refractivity contribution >= 4 is 23.4 Å². The first-order valence-electron chi connectivity index (χ1n) is 5.93. The highest BCUT2D eigenvalue weighted by atomic mass is 32.2. The van der Waals surface area contributed by atoms with Crippen LogP contribution in [-0.2, 0) is 0 Å². The molecule has 1 aliphatic rings. The third-order valence-corrected chi connectivity index (χ3v) is 3.50. The number of hydrazine groups is 1. The Labute approximate surface area is 106 Å². The minimum absolute atomic E-state index is 0.574. The van der Waals surface area contributed by atoms with E-state index in [0.29, 0.717) is 11.9 Å². The zero-order valence-electron chi connectivity index (χ0n) is 10.2. The Hall–Kier alpha value is -1.01. The van der Waals surface area contributed by atoms with Crippen LogP contribution in [0.3, 0.4) is 0 Å². The summed E-state index contributed by atoms with van der Waals surface area (Å²) in [4.78, 5) is 8.65. The van der Waals surface area contributed by atoms with Gasteiger partial charge in [0, 0.05) is 12.1 Å². The fourth-order valence-electron chi connectivity index (χ4n) is 1.97. The van der Waals surface area contributed by atoms with Crippen LogP contribution >= 0.6 is 11.8 Å². The van der Waals surface area contributed by atoms with Gasteiger partial charge in [-0.15, -0.1) is 0 Å². The third-order valence-electron chi connectivity index (χ3n) is 2.95. The molecule has 1 aromatic rings. The van der Waals surface area contributed by atoms with Gasteiger partial charge in [0.05, 0.1) is 0 Å². The summed E-state index contributed by atoms with van der Waals surface area (Å²) in [6.07, 6.45) is 5.74. The Morgan fingerprint density at radius 1 is 1.47 bits per heavy atom. The van der Waals surface area contributed by atoms with E-state index in [0.717, 1.165) is 16.9 Å². The standard InChI is InChI=1S/C11H19N5S/c1-3-4-7-5-8(7)13-9-6-10(16-12)15-11(14-9)17-2/h6-8H,3-5,12H2,1-2H3,(H2,13,14,15,16). The molecule has 0 aliphatic heterocycles. The third kappa shape index (κ3) is 3.23. The number of anilines is 2.